The molecule has 3 aromatic carbocycles. The molecular weight excluding hydrogens is 618 g/mol. The predicted octanol–water partition coefficient (Wildman–Crippen LogP) is 6.79. The third kappa shape index (κ3) is 7.46. The third-order valence-corrected chi connectivity index (χ3v) is 9.69. The molecule has 1 saturated heterocycles. The van der Waals surface area contributed by atoms with Crippen molar-refractivity contribution in [3.63, 3.8) is 0 Å². The summed E-state index contributed by atoms with van der Waals surface area (Å²) in [4.78, 5) is 57.3. The van der Waals surface area contributed by atoms with Crippen molar-refractivity contribution in [1.82, 2.24) is 4.90 Å². The van der Waals surface area contributed by atoms with Crippen molar-refractivity contribution in [3.05, 3.63) is 123 Å². The number of rotatable bonds is 14. The Morgan fingerprint density at radius 1 is 1.02 bits per heavy atom. The van der Waals surface area contributed by atoms with Gasteiger partial charge < -0.3 is 9.47 Å². The fraction of sp³-hybridized carbons (Fsp3) is 0.333. The number of β-lactam (4-membered cyclic amide) rings is 1. The summed E-state index contributed by atoms with van der Waals surface area (Å²) in [5, 5.41) is 10.6. The first kappa shape index (κ1) is 33.6. The number of benzene rings is 3. The lowest BCUT2D eigenvalue weighted by atomic mass is 9.81. The SMILES string of the molecule is CCCCCC[C@]1(N=Cc2ccc([N+](=O)[O-])cc2)C(=O)N2C(C(=O)OC(c3ccccc3)c3ccccc3)=C(COC(C)=O)CS[C@@H]21. The van der Waals surface area contributed by atoms with E-state index in [-0.39, 0.29) is 23.9 Å². The Morgan fingerprint density at radius 2 is 1.66 bits per heavy atom. The minimum Gasteiger partial charge on any atom is -0.461 e. The maximum absolute atomic E-state index is 14.3. The van der Waals surface area contributed by atoms with Gasteiger partial charge in [0.05, 0.1) is 4.92 Å². The molecule has 2 aliphatic rings. The van der Waals surface area contributed by atoms with Gasteiger partial charge in [-0.1, -0.05) is 93.3 Å². The highest BCUT2D eigenvalue weighted by molar-refractivity contribution is 8.00. The number of nitrogens with zero attached hydrogens (tertiary/aromatic N) is 3. The van der Waals surface area contributed by atoms with Gasteiger partial charge in [-0.2, -0.15) is 0 Å². The molecule has 0 saturated carbocycles. The first-order valence-electron chi connectivity index (χ1n) is 15.7. The molecular formula is C36H37N3O7S. The number of nitro groups is 1. The van der Waals surface area contributed by atoms with Crippen LogP contribution in [-0.2, 0) is 23.9 Å². The summed E-state index contributed by atoms with van der Waals surface area (Å²) >= 11 is 1.47. The highest BCUT2D eigenvalue weighted by Crippen LogP contribution is 2.51. The molecule has 0 N–H and O–H groups in total. The van der Waals surface area contributed by atoms with Crippen LogP contribution >= 0.6 is 11.8 Å². The van der Waals surface area contributed by atoms with Gasteiger partial charge in [0, 0.05) is 36.6 Å². The lowest BCUT2D eigenvalue weighted by Crippen LogP contribution is -2.72. The number of thioether (sulfide) groups is 1. The second-order valence-electron chi connectivity index (χ2n) is 11.5. The number of carbonyl (C=O) groups is 3. The smallest absolute Gasteiger partial charge is 0.356 e. The molecule has 2 atom stereocenters. The van der Waals surface area contributed by atoms with E-state index < -0.39 is 33.9 Å². The molecule has 0 unspecified atom stereocenters. The Labute approximate surface area is 278 Å². The zero-order valence-corrected chi connectivity index (χ0v) is 27.2. The average Bonchev–Trinajstić information content (AvgIpc) is 3.09. The summed E-state index contributed by atoms with van der Waals surface area (Å²) in [6, 6.07) is 24.7. The van der Waals surface area contributed by atoms with Gasteiger partial charge in [0.1, 0.15) is 17.7 Å². The quantitative estimate of drug-likeness (QED) is 0.0464. The third-order valence-electron chi connectivity index (χ3n) is 8.26. The summed E-state index contributed by atoms with van der Waals surface area (Å²) < 4.78 is 11.5. The maximum Gasteiger partial charge on any atom is 0.356 e. The Kier molecular flexibility index (Phi) is 10.9. The van der Waals surface area contributed by atoms with Crippen LogP contribution in [0.5, 0.6) is 0 Å². The number of amides is 1. The number of aliphatic imine (C=N–C) groups is 1. The first-order valence-corrected chi connectivity index (χ1v) is 16.7. The number of unbranched alkanes of at least 4 members (excludes halogenated alkanes) is 3. The number of hydrogen-bond acceptors (Lipinski definition) is 9. The van der Waals surface area contributed by atoms with E-state index in [9.17, 15) is 24.5 Å². The minimum atomic E-state index is -1.14. The van der Waals surface area contributed by atoms with E-state index in [0.29, 0.717) is 23.3 Å². The van der Waals surface area contributed by atoms with Crippen LogP contribution < -0.4 is 0 Å². The molecule has 3 aromatic rings. The van der Waals surface area contributed by atoms with Crippen molar-refractivity contribution in [2.45, 2.75) is 63.0 Å². The monoisotopic (exact) mass is 655 g/mol. The van der Waals surface area contributed by atoms with Gasteiger partial charge in [0.15, 0.2) is 11.6 Å². The number of hydrogen-bond donors (Lipinski definition) is 0. The molecule has 244 valence electrons. The summed E-state index contributed by atoms with van der Waals surface area (Å²) in [5.74, 6) is -1.20. The van der Waals surface area contributed by atoms with Crippen LogP contribution in [0.1, 0.15) is 68.7 Å². The fourth-order valence-corrected chi connectivity index (χ4v) is 7.30. The van der Waals surface area contributed by atoms with Crippen molar-refractivity contribution in [3.8, 4) is 0 Å². The zero-order chi connectivity index (χ0) is 33.4. The normalized spacial score (nSPS) is 19.0. The molecule has 0 aliphatic carbocycles. The predicted molar refractivity (Wildman–Crippen MR) is 180 cm³/mol. The van der Waals surface area contributed by atoms with E-state index in [1.54, 1.807) is 18.3 Å². The zero-order valence-electron chi connectivity index (χ0n) is 26.4. The van der Waals surface area contributed by atoms with E-state index in [0.717, 1.165) is 36.8 Å². The molecule has 0 spiro atoms. The number of nitro benzene ring substituents is 1. The first-order chi connectivity index (χ1) is 22.7. The topological polar surface area (TPSA) is 128 Å². The van der Waals surface area contributed by atoms with Crippen molar-refractivity contribution in [1.29, 1.82) is 0 Å². The van der Waals surface area contributed by atoms with Crippen molar-refractivity contribution < 1.29 is 28.8 Å². The van der Waals surface area contributed by atoms with Crippen LogP contribution in [-0.4, -0.2) is 57.2 Å². The summed E-state index contributed by atoms with van der Waals surface area (Å²) in [6.45, 7) is 3.25. The van der Waals surface area contributed by atoms with Gasteiger partial charge >= 0.3 is 11.9 Å². The Morgan fingerprint density at radius 3 is 2.23 bits per heavy atom. The van der Waals surface area contributed by atoms with Crippen LogP contribution in [0, 0.1) is 10.1 Å². The Bertz CT molecular complexity index is 1620. The van der Waals surface area contributed by atoms with E-state index in [1.165, 1.54) is 35.7 Å². The summed E-state index contributed by atoms with van der Waals surface area (Å²) in [5.41, 5.74) is 1.53. The van der Waals surface area contributed by atoms with Gasteiger partial charge in [0.2, 0.25) is 0 Å². The molecule has 11 heteroatoms. The second kappa shape index (κ2) is 15.2. The highest BCUT2D eigenvalue weighted by atomic mass is 32.2. The molecule has 0 aromatic heterocycles. The van der Waals surface area contributed by atoms with Crippen LogP contribution in [0.2, 0.25) is 0 Å². The molecule has 10 nitrogen and oxygen atoms in total. The van der Waals surface area contributed by atoms with Gasteiger partial charge in [-0.3, -0.25) is 29.6 Å². The number of fused-ring (bicyclic) bond motifs is 1. The van der Waals surface area contributed by atoms with Gasteiger partial charge in [-0.15, -0.1) is 11.8 Å². The summed E-state index contributed by atoms with van der Waals surface area (Å²) in [6.07, 6.45) is 5.04. The van der Waals surface area contributed by atoms with Crippen LogP contribution in [0.3, 0.4) is 0 Å². The average molecular weight is 656 g/mol. The molecule has 0 bridgehead atoms. The number of ether oxygens (including phenoxy) is 2. The number of non-ortho nitro benzene ring substituents is 1. The molecule has 0 radical (unpaired) electrons. The van der Waals surface area contributed by atoms with Gasteiger partial charge in [0.25, 0.3) is 11.6 Å². The standard InChI is InChI=1S/C36H37N3O7S/c1-3-4-5-12-21-36(37-22-26-17-19-30(20-18-26)39(43)44)34(42)38-31(29(23-45-25(2)40)24-47-35(36)38)33(41)46-32(27-13-8-6-9-14-27)28-15-10-7-11-16-28/h6-11,13-20,22,32,35H,3-5,12,21,23-24H2,1-2H3/t35-,36+/m1/s1. The molecule has 1 amide bonds. The second-order valence-corrected chi connectivity index (χ2v) is 12.6. The Hall–Kier alpha value is -4.77. The number of esters is 2. The van der Waals surface area contributed by atoms with Crippen molar-refractivity contribution in [2.24, 2.45) is 4.99 Å². The highest BCUT2D eigenvalue weighted by Gasteiger charge is 2.64. The van der Waals surface area contributed by atoms with Crippen LogP contribution in [0.4, 0.5) is 5.69 Å². The lowest BCUT2D eigenvalue weighted by Gasteiger charge is -2.55. The molecule has 2 heterocycles. The Balaban J connectivity index is 1.49. The van der Waals surface area contributed by atoms with Crippen molar-refractivity contribution in [2.75, 3.05) is 12.4 Å². The fourth-order valence-electron chi connectivity index (χ4n) is 5.81. The lowest BCUT2D eigenvalue weighted by molar-refractivity contribution is -0.384. The van der Waals surface area contributed by atoms with Gasteiger partial charge in [-0.05, 0) is 35.2 Å². The van der Waals surface area contributed by atoms with E-state index in [1.807, 2.05) is 60.7 Å². The summed E-state index contributed by atoms with van der Waals surface area (Å²) in [7, 11) is 0. The van der Waals surface area contributed by atoms with E-state index in [2.05, 4.69) is 6.92 Å². The van der Waals surface area contributed by atoms with Crippen molar-refractivity contribution >= 4 is 41.5 Å². The van der Waals surface area contributed by atoms with E-state index in [4.69, 9.17) is 14.5 Å². The van der Waals surface area contributed by atoms with E-state index >= 15 is 0 Å². The van der Waals surface area contributed by atoms with Gasteiger partial charge in [-0.25, -0.2) is 4.79 Å². The molecule has 1 fully saturated rings. The number of carbonyl (C=O) groups excluding carboxylic acids is 3. The minimum absolute atomic E-state index is 0.0388. The molecule has 5 rings (SSSR count). The molecule has 2 aliphatic heterocycles. The molecule has 47 heavy (non-hydrogen) atoms. The maximum atomic E-state index is 14.3. The van der Waals surface area contributed by atoms with Crippen LogP contribution in [0.15, 0.2) is 101 Å². The van der Waals surface area contributed by atoms with Crippen LogP contribution in [0.25, 0.3) is 0 Å². The largest absolute Gasteiger partial charge is 0.461 e.